The van der Waals surface area contributed by atoms with Gasteiger partial charge in [0, 0.05) is 43.4 Å². The Balaban J connectivity index is 1.44. The van der Waals surface area contributed by atoms with Crippen molar-refractivity contribution in [2.45, 2.75) is 42.0 Å². The minimum Gasteiger partial charge on any atom is -0.504 e. The Kier molecular flexibility index (Phi) is 4.60. The number of ether oxygens (including phenoxy) is 1. The molecule has 2 bridgehead atoms. The van der Waals surface area contributed by atoms with Gasteiger partial charge in [-0.25, -0.2) is 0 Å². The fraction of sp³-hybridized carbons (Fsp3) is 0.370. The zero-order valence-corrected chi connectivity index (χ0v) is 19.1. The topological polar surface area (TPSA) is 86.4 Å². The van der Waals surface area contributed by atoms with Gasteiger partial charge >= 0.3 is 0 Å². The van der Waals surface area contributed by atoms with Gasteiger partial charge < -0.3 is 24.3 Å². The number of hydrogen-bond acceptors (Lipinski definition) is 6. The molecule has 1 aromatic heterocycles. The first-order valence-electron chi connectivity index (χ1n) is 11.7. The van der Waals surface area contributed by atoms with Crippen molar-refractivity contribution in [2.75, 3.05) is 20.1 Å². The Morgan fingerprint density at radius 2 is 2.24 bits per heavy atom. The second-order valence-corrected chi connectivity index (χ2v) is 9.73. The predicted molar refractivity (Wildman–Crippen MR) is 126 cm³/mol. The summed E-state index contributed by atoms with van der Waals surface area (Å²) in [6, 6.07) is 4.84. The van der Waals surface area contributed by atoms with Gasteiger partial charge in [-0.1, -0.05) is 24.3 Å². The van der Waals surface area contributed by atoms with Gasteiger partial charge in [-0.3, -0.25) is 9.69 Å². The highest BCUT2D eigenvalue weighted by Gasteiger charge is 2.72. The van der Waals surface area contributed by atoms with Crippen LogP contribution in [0.25, 0.3) is 6.08 Å². The lowest BCUT2D eigenvalue weighted by molar-refractivity contribution is -0.152. The molecule has 0 unspecified atom stereocenters. The van der Waals surface area contributed by atoms with Crippen LogP contribution in [0.2, 0.25) is 0 Å². The summed E-state index contributed by atoms with van der Waals surface area (Å²) in [5.74, 6) is 0.336. The molecular weight excluding hydrogens is 432 g/mol. The van der Waals surface area contributed by atoms with Gasteiger partial charge in [0.15, 0.2) is 11.5 Å². The second-order valence-electron chi connectivity index (χ2n) is 9.73. The van der Waals surface area contributed by atoms with Crippen LogP contribution in [-0.2, 0) is 16.6 Å². The maximum atomic E-state index is 13.1. The standard InChI is InChI=1S/C27H28N2O5/c1-3-12-29-13-11-26-23-18-5-6-20(30)24(23)34-25(26)19(8-10-27(26,32)21(29)15-18)28(2)22(31)7-4-17-9-14-33-16-17/h3-10,14,16,19,21,25,30,32H,1,11-13,15H2,2H3/b7-4+/t19-,21-,25+,26+,27-/m1/s1. The molecule has 1 fully saturated rings. The molecule has 1 saturated heterocycles. The number of amides is 1. The number of carbonyl (C=O) groups excluding carboxylic acids is 1. The number of benzene rings is 1. The minimum absolute atomic E-state index is 0.0735. The number of carbonyl (C=O) groups is 1. The Hall–Kier alpha value is -3.29. The van der Waals surface area contributed by atoms with Crippen LogP contribution in [0.15, 0.2) is 66.0 Å². The largest absolute Gasteiger partial charge is 0.504 e. The molecule has 7 nitrogen and oxygen atoms in total. The van der Waals surface area contributed by atoms with Gasteiger partial charge in [0.05, 0.1) is 24.0 Å². The number of likely N-dealkylation sites (N-methyl/N-ethyl adjacent to an activating group) is 1. The number of piperidine rings is 1. The number of furan rings is 1. The number of nitrogens with zero attached hydrogens (tertiary/aromatic N) is 2. The lowest BCUT2D eigenvalue weighted by atomic mass is 9.50. The molecule has 2 aliphatic heterocycles. The van der Waals surface area contributed by atoms with Crippen LogP contribution in [0.3, 0.4) is 0 Å². The van der Waals surface area contributed by atoms with Crippen molar-refractivity contribution in [1.29, 1.82) is 0 Å². The van der Waals surface area contributed by atoms with Crippen molar-refractivity contribution < 1.29 is 24.2 Å². The summed E-state index contributed by atoms with van der Waals surface area (Å²) in [6.07, 6.45) is 12.8. The number of phenolic OH excluding ortho intramolecular Hbond substituents is 1. The molecule has 1 amide bonds. The average Bonchev–Trinajstić information content (AvgIpc) is 3.46. The van der Waals surface area contributed by atoms with E-state index in [2.05, 4.69) is 11.5 Å². The molecule has 1 spiro atoms. The van der Waals surface area contributed by atoms with Crippen molar-refractivity contribution in [1.82, 2.24) is 9.80 Å². The van der Waals surface area contributed by atoms with Crippen LogP contribution < -0.4 is 4.74 Å². The zero-order chi connectivity index (χ0) is 23.7. The van der Waals surface area contributed by atoms with E-state index in [0.29, 0.717) is 25.1 Å². The van der Waals surface area contributed by atoms with E-state index in [1.54, 1.807) is 42.7 Å². The van der Waals surface area contributed by atoms with E-state index >= 15 is 0 Å². The lowest BCUT2D eigenvalue weighted by Crippen LogP contribution is -2.76. The highest BCUT2D eigenvalue weighted by Crippen LogP contribution is 2.64. The fourth-order valence-electron chi connectivity index (χ4n) is 6.69. The summed E-state index contributed by atoms with van der Waals surface area (Å²) in [4.78, 5) is 17.0. The van der Waals surface area contributed by atoms with Gasteiger partial charge in [-0.15, -0.1) is 6.58 Å². The third-order valence-electron chi connectivity index (χ3n) is 8.25. The average molecular weight is 461 g/mol. The molecule has 0 saturated carbocycles. The van der Waals surface area contributed by atoms with Gasteiger partial charge in [-0.2, -0.15) is 0 Å². The van der Waals surface area contributed by atoms with E-state index in [9.17, 15) is 15.0 Å². The van der Waals surface area contributed by atoms with Crippen molar-refractivity contribution in [2.24, 2.45) is 0 Å². The number of rotatable bonds is 5. The molecule has 176 valence electrons. The quantitative estimate of drug-likeness (QED) is 0.527. The first kappa shape index (κ1) is 21.3. The van der Waals surface area contributed by atoms with E-state index < -0.39 is 23.2 Å². The van der Waals surface area contributed by atoms with Crippen molar-refractivity contribution >= 4 is 12.0 Å². The summed E-state index contributed by atoms with van der Waals surface area (Å²) < 4.78 is 11.5. The number of likely N-dealkylation sites (tertiary alicyclic amines) is 1. The minimum atomic E-state index is -1.18. The highest BCUT2D eigenvalue weighted by molar-refractivity contribution is 5.92. The zero-order valence-electron chi connectivity index (χ0n) is 19.1. The Labute approximate surface area is 198 Å². The number of hydrogen-bond donors (Lipinski definition) is 2. The third kappa shape index (κ3) is 2.62. The summed E-state index contributed by atoms with van der Waals surface area (Å²) in [7, 11) is 1.75. The fourth-order valence-corrected chi connectivity index (χ4v) is 6.69. The monoisotopic (exact) mass is 460 g/mol. The van der Waals surface area contributed by atoms with Crippen LogP contribution in [0.5, 0.6) is 11.5 Å². The van der Waals surface area contributed by atoms with E-state index in [1.165, 1.54) is 6.08 Å². The molecule has 34 heavy (non-hydrogen) atoms. The molecule has 6 rings (SSSR count). The summed E-state index contributed by atoms with van der Waals surface area (Å²) >= 11 is 0. The number of phenols is 1. The van der Waals surface area contributed by atoms with Crippen LogP contribution in [-0.4, -0.2) is 69.8 Å². The van der Waals surface area contributed by atoms with Crippen molar-refractivity contribution in [3.8, 4) is 11.5 Å². The van der Waals surface area contributed by atoms with Gasteiger partial charge in [0.1, 0.15) is 11.7 Å². The molecule has 5 atom stereocenters. The summed E-state index contributed by atoms with van der Waals surface area (Å²) in [6.45, 7) is 5.36. The normalized spacial score (nSPS) is 32.9. The van der Waals surface area contributed by atoms with E-state index in [1.807, 2.05) is 24.3 Å². The molecule has 3 heterocycles. The first-order valence-corrected chi connectivity index (χ1v) is 11.7. The van der Waals surface area contributed by atoms with E-state index in [4.69, 9.17) is 9.15 Å². The maximum absolute atomic E-state index is 13.1. The lowest BCUT2D eigenvalue weighted by Gasteiger charge is -2.62. The Morgan fingerprint density at radius 1 is 1.38 bits per heavy atom. The summed E-state index contributed by atoms with van der Waals surface area (Å²) in [5.41, 5.74) is 0.856. The van der Waals surface area contributed by atoms with Gasteiger partial charge in [0.2, 0.25) is 5.91 Å². The molecular formula is C27H28N2O5. The molecule has 2 aliphatic carbocycles. The first-order chi connectivity index (χ1) is 16.4. The van der Waals surface area contributed by atoms with Crippen LogP contribution >= 0.6 is 0 Å². The SMILES string of the molecule is C=CCN1CC[C@]23c4c5ccc(O)c4O[C@H]2[C@H](N(C)C(=O)/C=C/c2ccoc2)C=C[C@@]3(O)[C@H]1C5. The van der Waals surface area contributed by atoms with Crippen LogP contribution in [0.4, 0.5) is 0 Å². The smallest absolute Gasteiger partial charge is 0.246 e. The Morgan fingerprint density at radius 3 is 3.00 bits per heavy atom. The van der Waals surface area contributed by atoms with E-state index in [0.717, 1.165) is 23.2 Å². The highest BCUT2D eigenvalue weighted by atomic mass is 16.5. The Bertz CT molecular complexity index is 1220. The number of aromatic hydroxyl groups is 1. The molecule has 0 radical (unpaired) electrons. The van der Waals surface area contributed by atoms with Gasteiger partial charge in [-0.05, 0) is 36.6 Å². The summed E-state index contributed by atoms with van der Waals surface area (Å²) in [5, 5.41) is 23.0. The third-order valence-corrected chi connectivity index (χ3v) is 8.25. The predicted octanol–water partition coefficient (Wildman–Crippen LogP) is 2.64. The number of aliphatic hydroxyl groups is 1. The molecule has 2 N–H and O–H groups in total. The van der Waals surface area contributed by atoms with E-state index in [-0.39, 0.29) is 17.7 Å². The van der Waals surface area contributed by atoms with Crippen LogP contribution in [0.1, 0.15) is 23.1 Å². The van der Waals surface area contributed by atoms with Crippen molar-refractivity contribution in [3.05, 3.63) is 78.3 Å². The molecule has 4 aliphatic rings. The second kappa shape index (κ2) is 7.35. The molecule has 1 aromatic carbocycles. The molecule has 7 heteroatoms. The van der Waals surface area contributed by atoms with Crippen molar-refractivity contribution in [3.63, 3.8) is 0 Å². The molecule has 2 aromatic rings. The maximum Gasteiger partial charge on any atom is 0.246 e. The van der Waals surface area contributed by atoms with Gasteiger partial charge in [0.25, 0.3) is 0 Å². The van der Waals surface area contributed by atoms with Crippen LogP contribution in [0, 0.1) is 0 Å².